The van der Waals surface area contributed by atoms with Crippen molar-refractivity contribution in [2.75, 3.05) is 0 Å². The molecule has 1 aliphatic rings. The van der Waals surface area contributed by atoms with Gasteiger partial charge in [-0.15, -0.1) is 0 Å². The van der Waals surface area contributed by atoms with Gasteiger partial charge in [0.15, 0.2) is 0 Å². The minimum atomic E-state index is -0.570. The van der Waals surface area contributed by atoms with Gasteiger partial charge in [-0.2, -0.15) is 0 Å². The standard InChI is InChI=1S/C16H16FN/c17-15-8-4-3-7-14(15)16(18)10-9-12-5-1-2-6-13(12)11-16/h1-8H,9-11,18H2. The smallest absolute Gasteiger partial charge is 0.128 e. The molecule has 0 saturated heterocycles. The summed E-state index contributed by atoms with van der Waals surface area (Å²) in [6.45, 7) is 0. The summed E-state index contributed by atoms with van der Waals surface area (Å²) in [7, 11) is 0. The second kappa shape index (κ2) is 4.21. The second-order valence-electron chi connectivity index (χ2n) is 5.08. The molecule has 0 amide bonds. The van der Waals surface area contributed by atoms with Crippen LogP contribution in [-0.4, -0.2) is 0 Å². The van der Waals surface area contributed by atoms with Gasteiger partial charge in [0.2, 0.25) is 0 Å². The van der Waals surface area contributed by atoms with Crippen molar-refractivity contribution in [1.82, 2.24) is 0 Å². The van der Waals surface area contributed by atoms with E-state index in [2.05, 4.69) is 12.1 Å². The largest absolute Gasteiger partial charge is 0.321 e. The van der Waals surface area contributed by atoms with Crippen LogP contribution in [0.5, 0.6) is 0 Å². The van der Waals surface area contributed by atoms with Crippen LogP contribution in [0.15, 0.2) is 48.5 Å². The van der Waals surface area contributed by atoms with Gasteiger partial charge in [-0.3, -0.25) is 0 Å². The summed E-state index contributed by atoms with van der Waals surface area (Å²) < 4.78 is 13.9. The Kier molecular flexibility index (Phi) is 2.67. The van der Waals surface area contributed by atoms with Gasteiger partial charge in [0, 0.05) is 11.1 Å². The summed E-state index contributed by atoms with van der Waals surface area (Å²) in [5.74, 6) is -0.195. The van der Waals surface area contributed by atoms with Crippen LogP contribution in [0.2, 0.25) is 0 Å². The summed E-state index contributed by atoms with van der Waals surface area (Å²) in [4.78, 5) is 0. The molecule has 0 fully saturated rings. The van der Waals surface area contributed by atoms with Crippen LogP contribution in [0.25, 0.3) is 0 Å². The molecule has 2 aromatic rings. The first kappa shape index (κ1) is 11.4. The number of hydrogen-bond acceptors (Lipinski definition) is 1. The molecule has 2 N–H and O–H groups in total. The number of fused-ring (bicyclic) bond motifs is 1. The van der Waals surface area contributed by atoms with E-state index in [4.69, 9.17) is 5.73 Å². The van der Waals surface area contributed by atoms with E-state index in [1.54, 1.807) is 6.07 Å². The van der Waals surface area contributed by atoms with Crippen molar-refractivity contribution in [1.29, 1.82) is 0 Å². The lowest BCUT2D eigenvalue weighted by Crippen LogP contribution is -2.42. The van der Waals surface area contributed by atoms with E-state index in [0.717, 1.165) is 12.8 Å². The van der Waals surface area contributed by atoms with Crippen LogP contribution >= 0.6 is 0 Å². The van der Waals surface area contributed by atoms with Gasteiger partial charge in [0.25, 0.3) is 0 Å². The molecule has 0 aromatic heterocycles. The number of nitrogens with two attached hydrogens (primary N) is 1. The number of rotatable bonds is 1. The summed E-state index contributed by atoms with van der Waals surface area (Å²) in [5, 5.41) is 0. The van der Waals surface area contributed by atoms with Crippen molar-refractivity contribution >= 4 is 0 Å². The highest BCUT2D eigenvalue weighted by Gasteiger charge is 2.33. The maximum atomic E-state index is 13.9. The molecule has 1 atom stereocenters. The van der Waals surface area contributed by atoms with Crippen molar-refractivity contribution in [3.63, 3.8) is 0 Å². The van der Waals surface area contributed by atoms with Crippen molar-refractivity contribution < 1.29 is 4.39 Å². The quantitative estimate of drug-likeness (QED) is 0.815. The van der Waals surface area contributed by atoms with Crippen LogP contribution in [0, 0.1) is 5.82 Å². The molecule has 0 bridgehead atoms. The lowest BCUT2D eigenvalue weighted by molar-refractivity contribution is 0.368. The average molecular weight is 241 g/mol. The van der Waals surface area contributed by atoms with Gasteiger partial charge in [-0.25, -0.2) is 4.39 Å². The normalized spacial score (nSPS) is 22.6. The Morgan fingerprint density at radius 1 is 0.944 bits per heavy atom. The van der Waals surface area contributed by atoms with E-state index in [-0.39, 0.29) is 5.82 Å². The molecule has 0 aliphatic heterocycles. The minimum Gasteiger partial charge on any atom is -0.321 e. The summed E-state index contributed by atoms with van der Waals surface area (Å²) in [5.41, 5.74) is 9.11. The predicted octanol–water partition coefficient (Wildman–Crippen LogP) is 3.17. The third-order valence-corrected chi connectivity index (χ3v) is 3.88. The van der Waals surface area contributed by atoms with Crippen LogP contribution in [0.3, 0.4) is 0 Å². The lowest BCUT2D eigenvalue weighted by atomic mass is 9.74. The third-order valence-electron chi connectivity index (χ3n) is 3.88. The van der Waals surface area contributed by atoms with Gasteiger partial charge >= 0.3 is 0 Å². The molecule has 0 spiro atoms. The van der Waals surface area contributed by atoms with Crippen LogP contribution in [-0.2, 0) is 18.4 Å². The van der Waals surface area contributed by atoms with Gasteiger partial charge in [0.05, 0.1) is 0 Å². The highest BCUT2D eigenvalue weighted by atomic mass is 19.1. The highest BCUT2D eigenvalue weighted by Crippen LogP contribution is 2.35. The Hall–Kier alpha value is -1.67. The fraction of sp³-hybridized carbons (Fsp3) is 0.250. The zero-order valence-corrected chi connectivity index (χ0v) is 10.2. The molecule has 0 heterocycles. The maximum absolute atomic E-state index is 13.9. The van der Waals surface area contributed by atoms with Crippen molar-refractivity contribution in [3.8, 4) is 0 Å². The zero-order chi connectivity index (χ0) is 12.6. The van der Waals surface area contributed by atoms with Crippen molar-refractivity contribution in [2.45, 2.75) is 24.8 Å². The van der Waals surface area contributed by atoms with Crippen molar-refractivity contribution in [3.05, 3.63) is 71.0 Å². The molecule has 1 aliphatic carbocycles. The van der Waals surface area contributed by atoms with Crippen LogP contribution in [0.1, 0.15) is 23.1 Å². The Bertz CT molecular complexity index is 579. The predicted molar refractivity (Wildman–Crippen MR) is 70.7 cm³/mol. The van der Waals surface area contributed by atoms with E-state index in [0.29, 0.717) is 12.0 Å². The molecule has 3 rings (SSSR count). The Balaban J connectivity index is 2.02. The van der Waals surface area contributed by atoms with Gasteiger partial charge in [-0.1, -0.05) is 42.5 Å². The fourth-order valence-electron chi connectivity index (χ4n) is 2.85. The second-order valence-corrected chi connectivity index (χ2v) is 5.08. The number of hydrogen-bond donors (Lipinski definition) is 1. The Morgan fingerprint density at radius 2 is 1.61 bits per heavy atom. The summed E-state index contributed by atoms with van der Waals surface area (Å²) in [6.07, 6.45) is 2.43. The zero-order valence-electron chi connectivity index (χ0n) is 10.2. The summed E-state index contributed by atoms with van der Waals surface area (Å²) in [6, 6.07) is 15.2. The lowest BCUT2D eigenvalue weighted by Gasteiger charge is -2.35. The first-order valence-corrected chi connectivity index (χ1v) is 6.30. The number of halogens is 1. The highest BCUT2D eigenvalue weighted by molar-refractivity contribution is 5.37. The van der Waals surface area contributed by atoms with E-state index >= 15 is 0 Å². The monoisotopic (exact) mass is 241 g/mol. The molecule has 1 nitrogen and oxygen atoms in total. The van der Waals surface area contributed by atoms with Gasteiger partial charge < -0.3 is 5.73 Å². The molecule has 18 heavy (non-hydrogen) atoms. The minimum absolute atomic E-state index is 0.195. The fourth-order valence-corrected chi connectivity index (χ4v) is 2.85. The maximum Gasteiger partial charge on any atom is 0.128 e. The van der Waals surface area contributed by atoms with Gasteiger partial charge in [-0.05, 0) is 36.5 Å². The molecule has 0 saturated carbocycles. The first-order valence-electron chi connectivity index (χ1n) is 6.30. The van der Waals surface area contributed by atoms with Crippen LogP contribution in [0.4, 0.5) is 4.39 Å². The molecule has 1 unspecified atom stereocenters. The van der Waals surface area contributed by atoms with E-state index in [1.807, 2.05) is 24.3 Å². The topological polar surface area (TPSA) is 26.0 Å². The van der Waals surface area contributed by atoms with E-state index in [1.165, 1.54) is 17.2 Å². The molecule has 2 aromatic carbocycles. The first-order chi connectivity index (χ1) is 8.69. The van der Waals surface area contributed by atoms with Crippen LogP contribution < -0.4 is 5.73 Å². The molecule has 0 radical (unpaired) electrons. The average Bonchev–Trinajstić information content (AvgIpc) is 2.39. The van der Waals surface area contributed by atoms with E-state index < -0.39 is 5.54 Å². The summed E-state index contributed by atoms with van der Waals surface area (Å²) >= 11 is 0. The Morgan fingerprint density at radius 3 is 2.39 bits per heavy atom. The van der Waals surface area contributed by atoms with E-state index in [9.17, 15) is 4.39 Å². The molecular weight excluding hydrogens is 225 g/mol. The third kappa shape index (κ3) is 1.83. The molecule has 92 valence electrons. The van der Waals surface area contributed by atoms with Gasteiger partial charge in [0.1, 0.15) is 5.82 Å². The SMILES string of the molecule is NC1(c2ccccc2F)CCc2ccccc2C1. The molecule has 2 heteroatoms. The number of aryl methyl sites for hydroxylation is 1. The molecular formula is C16H16FN. The Labute approximate surface area is 106 Å². The van der Waals surface area contributed by atoms with Crippen molar-refractivity contribution in [2.24, 2.45) is 5.73 Å². The number of benzene rings is 2.